The molecule has 7 heteroatoms. The molecule has 4 rings (SSSR count). The van der Waals surface area contributed by atoms with Crippen LogP contribution in [0.3, 0.4) is 0 Å². The number of anilines is 1. The highest BCUT2D eigenvalue weighted by molar-refractivity contribution is 6.01. The van der Waals surface area contributed by atoms with Crippen LogP contribution in [0, 0.1) is 11.8 Å². The van der Waals surface area contributed by atoms with E-state index < -0.39 is 0 Å². The van der Waals surface area contributed by atoms with E-state index in [2.05, 4.69) is 20.8 Å². The molecular formula is C16H19N5O2. The zero-order chi connectivity index (χ0) is 15.8. The second-order valence-electron chi connectivity index (χ2n) is 6.12. The Labute approximate surface area is 134 Å². The second kappa shape index (κ2) is 5.66. The molecule has 2 aliphatic heterocycles. The smallest absolute Gasteiger partial charge is 0.293 e. The van der Waals surface area contributed by atoms with Gasteiger partial charge in [-0.2, -0.15) is 0 Å². The fraction of sp³-hybridized carbons (Fsp3) is 0.438. The minimum Gasteiger partial charge on any atom is -0.497 e. The van der Waals surface area contributed by atoms with Crippen LogP contribution >= 0.6 is 0 Å². The molecule has 1 fully saturated rings. The van der Waals surface area contributed by atoms with Crippen LogP contribution in [0.1, 0.15) is 16.4 Å². The molecule has 120 valence electrons. The Morgan fingerprint density at radius 1 is 1.26 bits per heavy atom. The van der Waals surface area contributed by atoms with Gasteiger partial charge in [-0.05, 0) is 49.2 Å². The maximum Gasteiger partial charge on any atom is 0.293 e. The molecule has 1 aromatic carbocycles. The first-order valence-corrected chi connectivity index (χ1v) is 7.83. The van der Waals surface area contributed by atoms with Crippen LogP contribution in [0.4, 0.5) is 5.69 Å². The highest BCUT2D eigenvalue weighted by Crippen LogP contribution is 2.28. The maximum atomic E-state index is 12.5. The first-order chi connectivity index (χ1) is 11.2. The van der Waals surface area contributed by atoms with Crippen molar-refractivity contribution < 1.29 is 9.53 Å². The number of carbonyl (C=O) groups is 1. The van der Waals surface area contributed by atoms with Crippen molar-refractivity contribution >= 4 is 11.6 Å². The first kappa shape index (κ1) is 14.2. The van der Waals surface area contributed by atoms with Crippen LogP contribution < -0.4 is 15.4 Å². The number of amides is 1. The molecular weight excluding hydrogens is 294 g/mol. The van der Waals surface area contributed by atoms with Crippen LogP contribution in [-0.4, -0.2) is 40.9 Å². The lowest BCUT2D eigenvalue weighted by Crippen LogP contribution is -2.31. The van der Waals surface area contributed by atoms with E-state index in [1.54, 1.807) is 19.2 Å². The molecule has 1 saturated heterocycles. The summed E-state index contributed by atoms with van der Waals surface area (Å²) in [6, 6.07) is 7.23. The molecule has 2 aromatic rings. The van der Waals surface area contributed by atoms with Gasteiger partial charge < -0.3 is 19.9 Å². The maximum absolute atomic E-state index is 12.5. The molecule has 0 unspecified atom stereocenters. The van der Waals surface area contributed by atoms with E-state index in [0.29, 0.717) is 23.3 Å². The molecule has 1 amide bonds. The third-order valence-corrected chi connectivity index (χ3v) is 4.72. The summed E-state index contributed by atoms with van der Waals surface area (Å²) in [5, 5.41) is 14.6. The van der Waals surface area contributed by atoms with Crippen LogP contribution in [0.25, 0.3) is 0 Å². The predicted octanol–water partition coefficient (Wildman–Crippen LogP) is 0.931. The molecule has 0 bridgehead atoms. The van der Waals surface area contributed by atoms with Gasteiger partial charge in [0, 0.05) is 18.7 Å². The molecule has 23 heavy (non-hydrogen) atoms. The third-order valence-electron chi connectivity index (χ3n) is 4.72. The Morgan fingerprint density at radius 3 is 2.83 bits per heavy atom. The average molecular weight is 313 g/mol. The number of aromatic nitrogens is 3. The van der Waals surface area contributed by atoms with Crippen molar-refractivity contribution in [2.45, 2.75) is 13.0 Å². The summed E-state index contributed by atoms with van der Waals surface area (Å²) < 4.78 is 7.08. The minimum absolute atomic E-state index is 0.224. The number of nitrogens with zero attached hydrogens (tertiary/aromatic N) is 3. The zero-order valence-corrected chi connectivity index (χ0v) is 13.0. The van der Waals surface area contributed by atoms with Crippen LogP contribution in [-0.2, 0) is 13.0 Å². The Morgan fingerprint density at radius 2 is 2.04 bits per heavy atom. The van der Waals surface area contributed by atoms with E-state index in [9.17, 15) is 4.79 Å². The van der Waals surface area contributed by atoms with E-state index in [4.69, 9.17) is 4.74 Å². The highest BCUT2D eigenvalue weighted by atomic mass is 16.5. The van der Waals surface area contributed by atoms with Crippen LogP contribution in [0.15, 0.2) is 24.3 Å². The highest BCUT2D eigenvalue weighted by Gasteiger charge is 2.35. The predicted molar refractivity (Wildman–Crippen MR) is 84.5 cm³/mol. The number of ether oxygens (including phenoxy) is 1. The second-order valence-corrected chi connectivity index (χ2v) is 6.12. The number of rotatable bonds is 3. The van der Waals surface area contributed by atoms with Crippen LogP contribution in [0.5, 0.6) is 5.75 Å². The fourth-order valence-corrected chi connectivity index (χ4v) is 3.42. The van der Waals surface area contributed by atoms with Crippen molar-refractivity contribution in [3.63, 3.8) is 0 Å². The Hall–Kier alpha value is -2.41. The van der Waals surface area contributed by atoms with Gasteiger partial charge >= 0.3 is 0 Å². The van der Waals surface area contributed by atoms with Gasteiger partial charge in [0.05, 0.1) is 7.11 Å². The quantitative estimate of drug-likeness (QED) is 0.881. The number of benzene rings is 1. The van der Waals surface area contributed by atoms with Gasteiger partial charge in [-0.1, -0.05) is 0 Å². The van der Waals surface area contributed by atoms with Gasteiger partial charge in [-0.3, -0.25) is 4.79 Å². The van der Waals surface area contributed by atoms with E-state index in [0.717, 1.165) is 37.6 Å². The lowest BCUT2D eigenvalue weighted by Gasteiger charge is -2.25. The summed E-state index contributed by atoms with van der Waals surface area (Å²) >= 11 is 0. The van der Waals surface area contributed by atoms with Gasteiger partial charge in [0.25, 0.3) is 5.91 Å². The Kier molecular flexibility index (Phi) is 3.49. The summed E-state index contributed by atoms with van der Waals surface area (Å²) in [5.41, 5.74) is 0.712. The lowest BCUT2D eigenvalue weighted by atomic mass is 9.89. The largest absolute Gasteiger partial charge is 0.497 e. The first-order valence-electron chi connectivity index (χ1n) is 7.83. The standard InChI is InChI=1S/C16H19N5O2/c1-23-13-4-2-12(3-5-13)18-16(22)15-20-19-14-6-10-7-17-8-11(10)9-21(14)15/h2-5,10-11,17H,6-9H2,1H3,(H,18,22)/t10-,11+/m1/s1. The van der Waals surface area contributed by atoms with E-state index >= 15 is 0 Å². The molecule has 2 aliphatic rings. The van der Waals surface area contributed by atoms with E-state index in [1.807, 2.05) is 16.7 Å². The molecule has 2 atom stereocenters. The SMILES string of the molecule is COc1ccc(NC(=O)c2nnc3n2C[C@@H]2CNC[C@H]2C3)cc1. The number of nitrogens with one attached hydrogen (secondary N) is 2. The summed E-state index contributed by atoms with van der Waals surface area (Å²) in [4.78, 5) is 12.5. The van der Waals surface area contributed by atoms with Crippen molar-refractivity contribution in [2.24, 2.45) is 11.8 Å². The van der Waals surface area contributed by atoms with E-state index in [1.165, 1.54) is 0 Å². The van der Waals surface area contributed by atoms with Gasteiger partial charge in [-0.25, -0.2) is 0 Å². The molecule has 0 aliphatic carbocycles. The topological polar surface area (TPSA) is 81.1 Å². The fourth-order valence-electron chi connectivity index (χ4n) is 3.42. The molecule has 3 heterocycles. The summed E-state index contributed by atoms with van der Waals surface area (Å²) in [5.74, 6) is 3.01. The lowest BCUT2D eigenvalue weighted by molar-refractivity contribution is 0.100. The summed E-state index contributed by atoms with van der Waals surface area (Å²) in [6.07, 6.45) is 0.889. The third kappa shape index (κ3) is 2.57. The van der Waals surface area contributed by atoms with Gasteiger partial charge in [0.2, 0.25) is 5.82 Å². The molecule has 1 aromatic heterocycles. The number of hydrogen-bond acceptors (Lipinski definition) is 5. The van der Waals surface area contributed by atoms with Gasteiger partial charge in [-0.15, -0.1) is 10.2 Å². The number of hydrogen-bond donors (Lipinski definition) is 2. The number of methoxy groups -OCH3 is 1. The number of carbonyl (C=O) groups excluding carboxylic acids is 1. The Bertz CT molecular complexity index is 725. The van der Waals surface area contributed by atoms with E-state index in [-0.39, 0.29) is 5.91 Å². The normalized spacial score (nSPS) is 22.3. The summed E-state index contributed by atoms with van der Waals surface area (Å²) in [7, 11) is 1.61. The van der Waals surface area contributed by atoms with Crippen molar-refractivity contribution in [1.29, 1.82) is 0 Å². The molecule has 2 N–H and O–H groups in total. The molecule has 0 radical (unpaired) electrons. The van der Waals surface area contributed by atoms with Crippen LogP contribution in [0.2, 0.25) is 0 Å². The van der Waals surface area contributed by atoms with Crippen molar-refractivity contribution in [2.75, 3.05) is 25.5 Å². The molecule has 0 saturated carbocycles. The van der Waals surface area contributed by atoms with Gasteiger partial charge in [0.1, 0.15) is 11.6 Å². The zero-order valence-electron chi connectivity index (χ0n) is 13.0. The minimum atomic E-state index is -0.224. The van der Waals surface area contributed by atoms with Gasteiger partial charge in [0.15, 0.2) is 0 Å². The molecule has 7 nitrogen and oxygen atoms in total. The number of fused-ring (bicyclic) bond motifs is 2. The average Bonchev–Trinajstić information content (AvgIpc) is 3.19. The van der Waals surface area contributed by atoms with Crippen molar-refractivity contribution in [1.82, 2.24) is 20.1 Å². The summed E-state index contributed by atoms with van der Waals surface area (Å²) in [6.45, 7) is 2.85. The van der Waals surface area contributed by atoms with Crippen molar-refractivity contribution in [3.05, 3.63) is 35.9 Å². The van der Waals surface area contributed by atoms with Crippen molar-refractivity contribution in [3.8, 4) is 5.75 Å². The monoisotopic (exact) mass is 313 g/mol. The Balaban J connectivity index is 1.53. The molecule has 0 spiro atoms.